The Balaban J connectivity index is 2.28. The summed E-state index contributed by atoms with van der Waals surface area (Å²) >= 11 is 0. The SMILES string of the molecule is Cc1ccc([N+](=O)[O-])cc1Oc1ncc(C=O)cn1. The van der Waals surface area contributed by atoms with Gasteiger partial charge in [-0.2, -0.15) is 0 Å². The molecular weight excluding hydrogens is 250 g/mol. The van der Waals surface area contributed by atoms with E-state index in [9.17, 15) is 14.9 Å². The summed E-state index contributed by atoms with van der Waals surface area (Å²) in [7, 11) is 0. The zero-order valence-electron chi connectivity index (χ0n) is 9.94. The van der Waals surface area contributed by atoms with Crippen molar-refractivity contribution in [1.29, 1.82) is 0 Å². The molecule has 0 aliphatic carbocycles. The van der Waals surface area contributed by atoms with Crippen molar-refractivity contribution in [2.75, 3.05) is 0 Å². The lowest BCUT2D eigenvalue weighted by molar-refractivity contribution is -0.384. The molecule has 0 bridgehead atoms. The highest BCUT2D eigenvalue weighted by atomic mass is 16.6. The van der Waals surface area contributed by atoms with Gasteiger partial charge in [0, 0.05) is 18.5 Å². The number of non-ortho nitro benzene ring substituents is 1. The second kappa shape index (κ2) is 5.21. The quantitative estimate of drug-likeness (QED) is 0.475. The van der Waals surface area contributed by atoms with Crippen LogP contribution in [-0.4, -0.2) is 21.2 Å². The third-order valence-corrected chi connectivity index (χ3v) is 2.37. The zero-order valence-corrected chi connectivity index (χ0v) is 9.94. The van der Waals surface area contributed by atoms with Gasteiger partial charge in [0.25, 0.3) is 5.69 Å². The van der Waals surface area contributed by atoms with Gasteiger partial charge < -0.3 is 4.74 Å². The van der Waals surface area contributed by atoms with Crippen LogP contribution in [0.4, 0.5) is 5.69 Å². The first-order valence-electron chi connectivity index (χ1n) is 5.30. The highest BCUT2D eigenvalue weighted by Crippen LogP contribution is 2.26. The number of aldehydes is 1. The van der Waals surface area contributed by atoms with Gasteiger partial charge in [0.1, 0.15) is 5.75 Å². The zero-order chi connectivity index (χ0) is 13.8. The van der Waals surface area contributed by atoms with E-state index >= 15 is 0 Å². The van der Waals surface area contributed by atoms with Crippen LogP contribution in [0, 0.1) is 17.0 Å². The number of nitrogens with zero attached hydrogens (tertiary/aromatic N) is 3. The molecule has 0 saturated heterocycles. The molecule has 1 aromatic carbocycles. The van der Waals surface area contributed by atoms with Crippen molar-refractivity contribution in [1.82, 2.24) is 9.97 Å². The van der Waals surface area contributed by atoms with Gasteiger partial charge in [-0.1, -0.05) is 0 Å². The van der Waals surface area contributed by atoms with E-state index in [4.69, 9.17) is 4.74 Å². The van der Waals surface area contributed by atoms with E-state index in [0.717, 1.165) is 0 Å². The summed E-state index contributed by atoms with van der Waals surface area (Å²) in [5.41, 5.74) is 0.960. The molecule has 0 saturated carbocycles. The van der Waals surface area contributed by atoms with Crippen molar-refractivity contribution >= 4 is 12.0 Å². The number of rotatable bonds is 4. The number of aromatic nitrogens is 2. The molecule has 0 aliphatic heterocycles. The minimum atomic E-state index is -0.511. The molecule has 0 aliphatic rings. The van der Waals surface area contributed by atoms with E-state index in [1.54, 1.807) is 13.0 Å². The van der Waals surface area contributed by atoms with Gasteiger partial charge in [-0.05, 0) is 18.6 Å². The number of carbonyl (C=O) groups excluding carboxylic acids is 1. The van der Waals surface area contributed by atoms with Crippen LogP contribution in [0.15, 0.2) is 30.6 Å². The average molecular weight is 259 g/mol. The predicted octanol–water partition coefficient (Wildman–Crippen LogP) is 2.30. The Bertz CT molecular complexity index is 625. The van der Waals surface area contributed by atoms with Crippen LogP contribution in [0.2, 0.25) is 0 Å². The molecule has 2 aromatic rings. The molecule has 0 amide bonds. The van der Waals surface area contributed by atoms with E-state index in [-0.39, 0.29) is 11.7 Å². The van der Waals surface area contributed by atoms with Crippen molar-refractivity contribution in [2.45, 2.75) is 6.92 Å². The summed E-state index contributed by atoms with van der Waals surface area (Å²) in [6.45, 7) is 1.75. The van der Waals surface area contributed by atoms with Gasteiger partial charge in [-0.3, -0.25) is 14.9 Å². The van der Waals surface area contributed by atoms with Crippen LogP contribution in [0.3, 0.4) is 0 Å². The van der Waals surface area contributed by atoms with E-state index in [2.05, 4.69) is 9.97 Å². The Morgan fingerprint density at radius 2 is 2.00 bits per heavy atom. The molecule has 0 atom stereocenters. The Kier molecular flexibility index (Phi) is 3.46. The molecular formula is C12H9N3O4. The third kappa shape index (κ3) is 2.89. The van der Waals surface area contributed by atoms with Gasteiger partial charge in [0.05, 0.1) is 16.6 Å². The van der Waals surface area contributed by atoms with Crippen molar-refractivity contribution < 1.29 is 14.5 Å². The van der Waals surface area contributed by atoms with Crippen molar-refractivity contribution in [2.24, 2.45) is 0 Å². The van der Waals surface area contributed by atoms with E-state index < -0.39 is 4.92 Å². The number of nitro benzene ring substituents is 1. The van der Waals surface area contributed by atoms with E-state index in [0.29, 0.717) is 23.2 Å². The number of aryl methyl sites for hydroxylation is 1. The van der Waals surface area contributed by atoms with Crippen molar-refractivity contribution in [3.05, 3.63) is 51.8 Å². The largest absolute Gasteiger partial charge is 0.424 e. The Morgan fingerprint density at radius 3 is 2.58 bits per heavy atom. The standard InChI is InChI=1S/C12H9N3O4/c1-8-2-3-10(15(17)18)4-11(8)19-12-13-5-9(7-16)6-14-12/h2-7H,1H3. The molecule has 1 aromatic heterocycles. The second-order valence-electron chi connectivity index (χ2n) is 3.73. The van der Waals surface area contributed by atoms with E-state index in [1.165, 1.54) is 24.5 Å². The average Bonchev–Trinajstić information content (AvgIpc) is 2.42. The molecule has 1 heterocycles. The third-order valence-electron chi connectivity index (χ3n) is 2.37. The molecule has 0 spiro atoms. The van der Waals surface area contributed by atoms with Crippen molar-refractivity contribution in [3.63, 3.8) is 0 Å². The molecule has 19 heavy (non-hydrogen) atoms. The minimum Gasteiger partial charge on any atom is -0.424 e. The summed E-state index contributed by atoms with van der Waals surface area (Å²) in [5, 5.41) is 10.7. The normalized spacial score (nSPS) is 9.95. The predicted molar refractivity (Wildman–Crippen MR) is 65.3 cm³/mol. The monoisotopic (exact) mass is 259 g/mol. The molecule has 7 nitrogen and oxygen atoms in total. The summed E-state index contributed by atoms with van der Waals surface area (Å²) in [6.07, 6.45) is 3.23. The maximum absolute atomic E-state index is 10.7. The first-order valence-corrected chi connectivity index (χ1v) is 5.30. The van der Waals surface area contributed by atoms with Gasteiger partial charge in [-0.25, -0.2) is 9.97 Å². The molecule has 0 N–H and O–H groups in total. The van der Waals surface area contributed by atoms with E-state index in [1.807, 2.05) is 0 Å². The topological polar surface area (TPSA) is 95.2 Å². The second-order valence-corrected chi connectivity index (χ2v) is 3.73. The summed E-state index contributed by atoms with van der Waals surface area (Å²) in [5.74, 6) is 0.299. The highest BCUT2D eigenvalue weighted by molar-refractivity contribution is 5.73. The molecule has 96 valence electrons. The van der Waals surface area contributed by atoms with Gasteiger partial charge in [0.15, 0.2) is 6.29 Å². The van der Waals surface area contributed by atoms with Crippen LogP contribution >= 0.6 is 0 Å². The fourth-order valence-corrected chi connectivity index (χ4v) is 1.35. The highest BCUT2D eigenvalue weighted by Gasteiger charge is 2.11. The maximum atomic E-state index is 10.7. The van der Waals surface area contributed by atoms with Crippen LogP contribution in [0.5, 0.6) is 11.8 Å². The Hall–Kier alpha value is -2.83. The summed E-state index contributed by atoms with van der Waals surface area (Å²) < 4.78 is 5.36. The number of carbonyl (C=O) groups is 1. The van der Waals surface area contributed by atoms with Gasteiger partial charge in [0.2, 0.25) is 0 Å². The lowest BCUT2D eigenvalue weighted by Crippen LogP contribution is -1.96. The van der Waals surface area contributed by atoms with Crippen LogP contribution in [0.25, 0.3) is 0 Å². The molecule has 2 rings (SSSR count). The number of benzene rings is 1. The molecule has 0 radical (unpaired) electrons. The van der Waals surface area contributed by atoms with Crippen LogP contribution < -0.4 is 4.74 Å². The minimum absolute atomic E-state index is 0.0224. The number of nitro groups is 1. The number of ether oxygens (including phenoxy) is 1. The maximum Gasteiger partial charge on any atom is 0.321 e. The Morgan fingerprint density at radius 1 is 1.32 bits per heavy atom. The fraction of sp³-hybridized carbons (Fsp3) is 0.0833. The lowest BCUT2D eigenvalue weighted by Gasteiger charge is -2.06. The first-order chi connectivity index (χ1) is 9.10. The number of hydrogen-bond acceptors (Lipinski definition) is 6. The summed E-state index contributed by atoms with van der Waals surface area (Å²) in [6, 6.07) is 4.28. The van der Waals surface area contributed by atoms with Crippen molar-refractivity contribution in [3.8, 4) is 11.8 Å². The smallest absolute Gasteiger partial charge is 0.321 e. The molecule has 0 fully saturated rings. The Labute approximate surface area is 108 Å². The number of hydrogen-bond donors (Lipinski definition) is 0. The summed E-state index contributed by atoms with van der Waals surface area (Å²) in [4.78, 5) is 28.3. The van der Waals surface area contributed by atoms with Crippen LogP contribution in [0.1, 0.15) is 15.9 Å². The first kappa shape index (κ1) is 12.6. The van der Waals surface area contributed by atoms with Gasteiger partial charge >= 0.3 is 6.01 Å². The molecule has 7 heteroatoms. The van der Waals surface area contributed by atoms with Gasteiger partial charge in [-0.15, -0.1) is 0 Å². The molecule has 0 unspecified atom stereocenters. The lowest BCUT2D eigenvalue weighted by atomic mass is 10.2. The fourth-order valence-electron chi connectivity index (χ4n) is 1.35. The van der Waals surface area contributed by atoms with Crippen LogP contribution in [-0.2, 0) is 0 Å².